The van der Waals surface area contributed by atoms with Gasteiger partial charge in [-0.2, -0.15) is 0 Å². The summed E-state index contributed by atoms with van der Waals surface area (Å²) in [6.07, 6.45) is 6.58. The quantitative estimate of drug-likeness (QED) is 0.289. The molecular weight excluding hydrogens is 446 g/mol. The molecule has 3 N–H and O–H groups in total. The van der Waals surface area contributed by atoms with Gasteiger partial charge in [0, 0.05) is 30.7 Å². The van der Waals surface area contributed by atoms with Gasteiger partial charge in [0.1, 0.15) is 11.8 Å². The van der Waals surface area contributed by atoms with Crippen molar-refractivity contribution in [1.29, 1.82) is 0 Å². The first-order chi connectivity index (χ1) is 17.0. The van der Waals surface area contributed by atoms with E-state index >= 15 is 0 Å². The zero-order valence-corrected chi connectivity index (χ0v) is 19.7. The number of anilines is 1. The van der Waals surface area contributed by atoms with Crippen molar-refractivity contribution in [2.45, 2.75) is 32.9 Å². The number of aromatic nitrogens is 2. The summed E-state index contributed by atoms with van der Waals surface area (Å²) in [6.45, 7) is 3.95. The molecule has 0 aliphatic carbocycles. The van der Waals surface area contributed by atoms with Crippen molar-refractivity contribution in [2.24, 2.45) is 4.99 Å². The lowest BCUT2D eigenvalue weighted by atomic mass is 10.2. The molecule has 3 rings (SSSR count). The summed E-state index contributed by atoms with van der Waals surface area (Å²) in [5, 5.41) is 5.57. The number of hydrogen-bond donors (Lipinski definition) is 3. The number of carbonyl (C=O) groups is 2. The molecule has 1 heterocycles. The van der Waals surface area contributed by atoms with Crippen LogP contribution in [0.1, 0.15) is 25.1 Å². The maximum atomic E-state index is 13.0. The first-order valence-corrected chi connectivity index (χ1v) is 11.2. The number of carbonyl (C=O) groups excluding carboxylic acids is 2. The third kappa shape index (κ3) is 8.90. The molecule has 3 aromatic rings. The highest BCUT2D eigenvalue weighted by Crippen LogP contribution is 2.16. The number of nitrogens with one attached hydrogen (secondary N) is 3. The largest absolute Gasteiger partial charge is 0.443 e. The Morgan fingerprint density at radius 3 is 2.60 bits per heavy atom. The fourth-order valence-corrected chi connectivity index (χ4v) is 3.06. The van der Waals surface area contributed by atoms with E-state index in [0.717, 1.165) is 5.56 Å². The molecule has 2 aromatic carbocycles. The maximum Gasteiger partial charge on any atom is 0.249 e. The van der Waals surface area contributed by atoms with E-state index in [1.165, 1.54) is 6.33 Å². The van der Waals surface area contributed by atoms with Gasteiger partial charge >= 0.3 is 0 Å². The monoisotopic (exact) mass is 475 g/mol. The predicted octanol–water partition coefficient (Wildman–Crippen LogP) is 3.62. The van der Waals surface area contributed by atoms with Crippen molar-refractivity contribution in [3.05, 3.63) is 90.7 Å². The molecule has 9 nitrogen and oxygen atoms in total. The van der Waals surface area contributed by atoms with Gasteiger partial charge in [0.25, 0.3) is 0 Å². The number of H-pyrrole nitrogens is 1. The molecule has 0 saturated heterocycles. The number of nitrogens with zero attached hydrogens (tertiary/aromatic N) is 2. The number of amides is 2. The van der Waals surface area contributed by atoms with E-state index in [4.69, 9.17) is 9.47 Å². The molecule has 0 aliphatic rings. The van der Waals surface area contributed by atoms with Crippen LogP contribution in [0.25, 0.3) is 0 Å². The second-order valence-electron chi connectivity index (χ2n) is 7.62. The van der Waals surface area contributed by atoms with E-state index in [2.05, 4.69) is 25.6 Å². The fourth-order valence-electron chi connectivity index (χ4n) is 3.06. The normalized spacial score (nSPS) is 12.3. The molecule has 0 bridgehead atoms. The Balaban J connectivity index is 1.61. The Morgan fingerprint density at radius 2 is 1.91 bits per heavy atom. The number of aliphatic imine (C=N–C) groups is 1. The minimum absolute atomic E-state index is 0.0112. The Bertz CT molecular complexity index is 1130. The minimum Gasteiger partial charge on any atom is -0.443 e. The summed E-state index contributed by atoms with van der Waals surface area (Å²) in [5.74, 6) is 0.368. The van der Waals surface area contributed by atoms with Gasteiger partial charge < -0.3 is 25.1 Å². The van der Waals surface area contributed by atoms with E-state index in [9.17, 15) is 9.59 Å². The van der Waals surface area contributed by atoms with Gasteiger partial charge in [0.2, 0.25) is 11.8 Å². The Labute approximate surface area is 204 Å². The third-order valence-corrected chi connectivity index (χ3v) is 4.75. The molecule has 182 valence electrons. The van der Waals surface area contributed by atoms with Gasteiger partial charge in [-0.3, -0.25) is 9.59 Å². The fraction of sp³-hybridized carbons (Fsp3) is 0.231. The number of allylic oxidation sites excluding steroid dienone is 1. The van der Waals surface area contributed by atoms with Crippen molar-refractivity contribution in [1.82, 2.24) is 15.3 Å². The molecule has 0 fully saturated rings. The van der Waals surface area contributed by atoms with Crippen LogP contribution in [-0.2, 0) is 27.4 Å². The van der Waals surface area contributed by atoms with Gasteiger partial charge in [-0.1, -0.05) is 36.4 Å². The number of hydrogen-bond acceptors (Lipinski definition) is 6. The van der Waals surface area contributed by atoms with Gasteiger partial charge in [0.15, 0.2) is 5.90 Å². The summed E-state index contributed by atoms with van der Waals surface area (Å²) in [6, 6.07) is 15.6. The summed E-state index contributed by atoms with van der Waals surface area (Å²) >= 11 is 0. The molecule has 0 aliphatic heterocycles. The van der Waals surface area contributed by atoms with Crippen LogP contribution in [0.4, 0.5) is 5.69 Å². The van der Waals surface area contributed by atoms with E-state index in [0.29, 0.717) is 29.6 Å². The number of imidazole rings is 1. The molecule has 0 spiro atoms. The average molecular weight is 476 g/mol. The molecule has 0 saturated carbocycles. The summed E-state index contributed by atoms with van der Waals surface area (Å²) < 4.78 is 11.4. The van der Waals surface area contributed by atoms with Gasteiger partial charge in [-0.25, -0.2) is 9.98 Å². The van der Waals surface area contributed by atoms with Crippen molar-refractivity contribution >= 4 is 23.4 Å². The van der Waals surface area contributed by atoms with Gasteiger partial charge in [-0.05, 0) is 36.8 Å². The molecule has 0 radical (unpaired) electrons. The van der Waals surface area contributed by atoms with Crippen molar-refractivity contribution in [2.75, 3.05) is 11.9 Å². The van der Waals surface area contributed by atoms with Crippen LogP contribution in [0.3, 0.4) is 0 Å². The van der Waals surface area contributed by atoms with Crippen LogP contribution in [-0.4, -0.2) is 40.3 Å². The Kier molecular flexibility index (Phi) is 9.76. The summed E-state index contributed by atoms with van der Waals surface area (Å²) in [5.41, 5.74) is 2.18. The third-order valence-electron chi connectivity index (χ3n) is 4.75. The number of aromatic amines is 1. The van der Waals surface area contributed by atoms with E-state index in [-0.39, 0.29) is 18.9 Å². The predicted molar refractivity (Wildman–Crippen MR) is 134 cm³/mol. The number of rotatable bonds is 11. The molecule has 35 heavy (non-hydrogen) atoms. The highest BCUT2D eigenvalue weighted by molar-refractivity contribution is 5.97. The molecule has 1 aromatic heterocycles. The Morgan fingerprint density at radius 1 is 1.14 bits per heavy atom. The van der Waals surface area contributed by atoms with Crippen LogP contribution in [0.2, 0.25) is 0 Å². The SMILES string of the molecule is C/C=C\N=C(C)Oc1ccc(NC(=O)C(COCc2ccccc2)NC(=O)Cc2cnc[nH]2)cc1. The maximum absolute atomic E-state index is 13.0. The first kappa shape index (κ1) is 25.4. The topological polar surface area (TPSA) is 118 Å². The minimum atomic E-state index is -0.889. The van der Waals surface area contributed by atoms with Crippen LogP contribution in [0, 0.1) is 0 Å². The highest BCUT2D eigenvalue weighted by Gasteiger charge is 2.22. The van der Waals surface area contributed by atoms with Gasteiger partial charge in [-0.15, -0.1) is 0 Å². The highest BCUT2D eigenvalue weighted by atomic mass is 16.5. The molecule has 2 amide bonds. The van der Waals surface area contributed by atoms with Crippen LogP contribution < -0.4 is 15.4 Å². The lowest BCUT2D eigenvalue weighted by molar-refractivity contribution is -0.127. The standard InChI is InChI=1S/C26H29N5O4/c1-3-13-28-19(2)35-23-11-9-21(10-12-23)30-26(33)24(17-34-16-20-7-5-4-6-8-20)31-25(32)14-22-15-27-18-29-22/h3-13,15,18,24H,14,16-17H2,1-2H3,(H,27,29)(H,30,33)(H,31,32)/b13-3-,28-19?. The number of benzene rings is 2. The second-order valence-corrected chi connectivity index (χ2v) is 7.62. The molecule has 9 heteroatoms. The summed E-state index contributed by atoms with van der Waals surface area (Å²) in [7, 11) is 0. The smallest absolute Gasteiger partial charge is 0.249 e. The zero-order valence-electron chi connectivity index (χ0n) is 19.7. The molecular formula is C26H29N5O4. The first-order valence-electron chi connectivity index (χ1n) is 11.2. The van der Waals surface area contributed by atoms with Gasteiger partial charge in [0.05, 0.1) is 26.0 Å². The van der Waals surface area contributed by atoms with E-state index in [1.807, 2.05) is 37.3 Å². The van der Waals surface area contributed by atoms with E-state index < -0.39 is 11.9 Å². The zero-order chi connectivity index (χ0) is 24.9. The van der Waals surface area contributed by atoms with Crippen molar-refractivity contribution in [3.8, 4) is 5.75 Å². The van der Waals surface area contributed by atoms with Crippen LogP contribution in [0.5, 0.6) is 5.75 Å². The lowest BCUT2D eigenvalue weighted by Crippen LogP contribution is -2.47. The number of ether oxygens (including phenoxy) is 2. The van der Waals surface area contributed by atoms with Crippen molar-refractivity contribution in [3.63, 3.8) is 0 Å². The molecule has 1 atom stereocenters. The average Bonchev–Trinajstić information content (AvgIpc) is 3.37. The molecule has 1 unspecified atom stereocenters. The summed E-state index contributed by atoms with van der Waals surface area (Å²) in [4.78, 5) is 36.4. The van der Waals surface area contributed by atoms with Crippen LogP contribution >= 0.6 is 0 Å². The lowest BCUT2D eigenvalue weighted by Gasteiger charge is -2.19. The van der Waals surface area contributed by atoms with Crippen molar-refractivity contribution < 1.29 is 19.1 Å². The Hall–Kier alpha value is -4.24. The second kappa shape index (κ2) is 13.5. The van der Waals surface area contributed by atoms with E-state index in [1.54, 1.807) is 49.7 Å². The van der Waals surface area contributed by atoms with Crippen LogP contribution in [0.15, 0.2) is 84.4 Å².